The molecule has 0 amide bonds. The number of H-pyrrole nitrogens is 1. The molecule has 0 aliphatic carbocycles. The highest BCUT2D eigenvalue weighted by molar-refractivity contribution is 7.09. The lowest BCUT2D eigenvalue weighted by Gasteiger charge is -1.96. The van der Waals surface area contributed by atoms with E-state index in [-0.39, 0.29) is 0 Å². The van der Waals surface area contributed by atoms with E-state index in [1.165, 1.54) is 0 Å². The zero-order valence-corrected chi connectivity index (χ0v) is 10.9. The SMILES string of the molecule is Cc1nc2ccc(-c3csc(CCN)n3)cc2[nH]1. The number of benzene rings is 1. The van der Waals surface area contributed by atoms with Gasteiger partial charge in [-0.2, -0.15) is 0 Å². The average Bonchev–Trinajstić information content (AvgIpc) is 2.93. The normalized spacial score (nSPS) is 11.2. The summed E-state index contributed by atoms with van der Waals surface area (Å²) in [5.41, 5.74) is 9.72. The summed E-state index contributed by atoms with van der Waals surface area (Å²) in [5, 5.41) is 3.17. The summed E-state index contributed by atoms with van der Waals surface area (Å²) in [4.78, 5) is 12.2. The molecule has 0 unspecified atom stereocenters. The van der Waals surface area contributed by atoms with Crippen molar-refractivity contribution in [2.45, 2.75) is 13.3 Å². The second-order valence-electron chi connectivity index (χ2n) is 4.22. The van der Waals surface area contributed by atoms with Gasteiger partial charge in [0, 0.05) is 17.4 Å². The van der Waals surface area contributed by atoms with Crippen LogP contribution in [0.5, 0.6) is 0 Å². The molecule has 0 saturated heterocycles. The molecule has 92 valence electrons. The van der Waals surface area contributed by atoms with Crippen LogP contribution >= 0.6 is 11.3 Å². The number of aryl methyl sites for hydroxylation is 1. The largest absolute Gasteiger partial charge is 0.342 e. The van der Waals surface area contributed by atoms with E-state index in [0.717, 1.165) is 39.5 Å². The Hall–Kier alpha value is -1.72. The van der Waals surface area contributed by atoms with Gasteiger partial charge in [-0.25, -0.2) is 9.97 Å². The van der Waals surface area contributed by atoms with Gasteiger partial charge in [0.2, 0.25) is 0 Å². The summed E-state index contributed by atoms with van der Waals surface area (Å²) in [7, 11) is 0. The Balaban J connectivity index is 2.01. The number of aromatic amines is 1. The molecule has 0 aliphatic rings. The second-order valence-corrected chi connectivity index (χ2v) is 5.16. The third kappa shape index (κ3) is 2.02. The number of thiazole rings is 1. The Labute approximate surface area is 109 Å². The molecule has 0 fully saturated rings. The molecule has 4 nitrogen and oxygen atoms in total. The molecule has 1 aromatic carbocycles. The standard InChI is InChI=1S/C13H14N4S/c1-8-15-10-3-2-9(6-11(10)16-8)12-7-18-13(17-12)4-5-14/h2-3,6-7H,4-5,14H2,1H3,(H,15,16). The minimum atomic E-state index is 0.645. The van der Waals surface area contributed by atoms with Gasteiger partial charge in [-0.1, -0.05) is 6.07 Å². The molecule has 0 bridgehead atoms. The summed E-state index contributed by atoms with van der Waals surface area (Å²) in [5.74, 6) is 0.934. The Morgan fingerprint density at radius 3 is 3.06 bits per heavy atom. The number of nitrogens with zero attached hydrogens (tertiary/aromatic N) is 2. The topological polar surface area (TPSA) is 67.6 Å². The maximum absolute atomic E-state index is 5.54. The van der Waals surface area contributed by atoms with E-state index in [1.807, 2.05) is 13.0 Å². The quantitative estimate of drug-likeness (QED) is 0.758. The first-order valence-electron chi connectivity index (χ1n) is 5.87. The van der Waals surface area contributed by atoms with E-state index in [0.29, 0.717) is 6.54 Å². The molecule has 0 aliphatic heterocycles. The first kappa shape index (κ1) is 11.4. The Morgan fingerprint density at radius 1 is 1.33 bits per heavy atom. The third-order valence-electron chi connectivity index (χ3n) is 2.81. The molecule has 5 heteroatoms. The van der Waals surface area contributed by atoms with Gasteiger partial charge < -0.3 is 10.7 Å². The van der Waals surface area contributed by atoms with Crippen LogP contribution in [-0.4, -0.2) is 21.5 Å². The molecule has 3 rings (SSSR count). The molecule has 0 atom stereocenters. The van der Waals surface area contributed by atoms with Crippen LogP contribution in [0.25, 0.3) is 22.3 Å². The van der Waals surface area contributed by atoms with Crippen LogP contribution in [0.3, 0.4) is 0 Å². The monoisotopic (exact) mass is 258 g/mol. The molecule has 2 heterocycles. The molecule has 2 aromatic heterocycles. The van der Waals surface area contributed by atoms with E-state index in [2.05, 4.69) is 32.5 Å². The van der Waals surface area contributed by atoms with Crippen molar-refractivity contribution in [2.75, 3.05) is 6.54 Å². The Kier molecular flexibility index (Phi) is 2.85. The van der Waals surface area contributed by atoms with Crippen LogP contribution < -0.4 is 5.73 Å². The molecular formula is C13H14N4S. The van der Waals surface area contributed by atoms with Crippen LogP contribution in [0.4, 0.5) is 0 Å². The van der Waals surface area contributed by atoms with Crippen molar-refractivity contribution in [3.63, 3.8) is 0 Å². The predicted molar refractivity (Wildman–Crippen MR) is 74.7 cm³/mol. The number of fused-ring (bicyclic) bond motifs is 1. The lowest BCUT2D eigenvalue weighted by Crippen LogP contribution is -2.01. The van der Waals surface area contributed by atoms with Crippen molar-refractivity contribution in [3.05, 3.63) is 34.4 Å². The Bertz CT molecular complexity index is 683. The number of nitrogens with two attached hydrogens (primary N) is 1. The van der Waals surface area contributed by atoms with E-state index >= 15 is 0 Å². The van der Waals surface area contributed by atoms with E-state index in [4.69, 9.17) is 5.73 Å². The molecule has 18 heavy (non-hydrogen) atoms. The maximum Gasteiger partial charge on any atom is 0.104 e. The summed E-state index contributed by atoms with van der Waals surface area (Å²) >= 11 is 1.66. The molecule has 3 aromatic rings. The fourth-order valence-corrected chi connectivity index (χ4v) is 2.80. The van der Waals surface area contributed by atoms with Crippen molar-refractivity contribution >= 4 is 22.4 Å². The van der Waals surface area contributed by atoms with E-state index in [1.54, 1.807) is 11.3 Å². The van der Waals surface area contributed by atoms with Crippen LogP contribution in [0.1, 0.15) is 10.8 Å². The van der Waals surface area contributed by atoms with Gasteiger partial charge in [0.25, 0.3) is 0 Å². The number of hydrogen-bond acceptors (Lipinski definition) is 4. The summed E-state index contributed by atoms with van der Waals surface area (Å²) in [6, 6.07) is 6.18. The number of nitrogens with one attached hydrogen (secondary N) is 1. The first-order valence-corrected chi connectivity index (χ1v) is 6.75. The van der Waals surface area contributed by atoms with Gasteiger partial charge in [0.1, 0.15) is 5.82 Å². The molecule has 3 N–H and O–H groups in total. The van der Waals surface area contributed by atoms with E-state index in [9.17, 15) is 0 Å². The highest BCUT2D eigenvalue weighted by Crippen LogP contribution is 2.25. The van der Waals surface area contributed by atoms with Crippen LogP contribution in [-0.2, 0) is 6.42 Å². The predicted octanol–water partition coefficient (Wildman–Crippen LogP) is 2.50. The summed E-state index contributed by atoms with van der Waals surface area (Å²) in [6.07, 6.45) is 0.843. The highest BCUT2D eigenvalue weighted by atomic mass is 32.1. The van der Waals surface area contributed by atoms with E-state index < -0.39 is 0 Å². The summed E-state index contributed by atoms with van der Waals surface area (Å²) < 4.78 is 0. The number of imidazole rings is 1. The third-order valence-corrected chi connectivity index (χ3v) is 3.71. The van der Waals surface area contributed by atoms with Gasteiger partial charge in [-0.3, -0.25) is 0 Å². The summed E-state index contributed by atoms with van der Waals surface area (Å²) in [6.45, 7) is 2.60. The lowest BCUT2D eigenvalue weighted by atomic mass is 10.1. The molecule has 0 radical (unpaired) electrons. The number of hydrogen-bond donors (Lipinski definition) is 2. The molecule has 0 spiro atoms. The van der Waals surface area contributed by atoms with Crippen molar-refractivity contribution in [3.8, 4) is 11.3 Å². The van der Waals surface area contributed by atoms with Crippen LogP contribution in [0.15, 0.2) is 23.6 Å². The van der Waals surface area contributed by atoms with Crippen molar-refractivity contribution in [1.82, 2.24) is 15.0 Å². The minimum absolute atomic E-state index is 0.645. The fourth-order valence-electron chi connectivity index (χ4n) is 1.98. The van der Waals surface area contributed by atoms with Gasteiger partial charge in [0.05, 0.1) is 21.7 Å². The average molecular weight is 258 g/mol. The second kappa shape index (κ2) is 4.51. The fraction of sp³-hybridized carbons (Fsp3) is 0.231. The number of rotatable bonds is 3. The van der Waals surface area contributed by atoms with Crippen molar-refractivity contribution in [2.24, 2.45) is 5.73 Å². The number of aromatic nitrogens is 3. The van der Waals surface area contributed by atoms with Gasteiger partial charge in [-0.05, 0) is 25.6 Å². The van der Waals surface area contributed by atoms with Crippen LogP contribution in [0, 0.1) is 6.92 Å². The maximum atomic E-state index is 5.54. The molecule has 0 saturated carbocycles. The van der Waals surface area contributed by atoms with Gasteiger partial charge in [0.15, 0.2) is 0 Å². The lowest BCUT2D eigenvalue weighted by molar-refractivity contribution is 0.954. The zero-order valence-electron chi connectivity index (χ0n) is 10.1. The highest BCUT2D eigenvalue weighted by Gasteiger charge is 2.06. The zero-order chi connectivity index (χ0) is 12.5. The first-order chi connectivity index (χ1) is 8.76. The van der Waals surface area contributed by atoms with Crippen molar-refractivity contribution < 1.29 is 0 Å². The molecular weight excluding hydrogens is 244 g/mol. The van der Waals surface area contributed by atoms with Gasteiger partial charge in [-0.15, -0.1) is 11.3 Å². The minimum Gasteiger partial charge on any atom is -0.342 e. The van der Waals surface area contributed by atoms with Crippen molar-refractivity contribution in [1.29, 1.82) is 0 Å². The van der Waals surface area contributed by atoms with Crippen LogP contribution in [0.2, 0.25) is 0 Å². The smallest absolute Gasteiger partial charge is 0.104 e. The Morgan fingerprint density at radius 2 is 2.22 bits per heavy atom. The van der Waals surface area contributed by atoms with Gasteiger partial charge >= 0.3 is 0 Å².